The number of aromatic nitrogens is 4. The van der Waals surface area contributed by atoms with Gasteiger partial charge >= 0.3 is 0 Å². The van der Waals surface area contributed by atoms with Gasteiger partial charge in [-0.3, -0.25) is 4.90 Å². The number of morpholine rings is 1. The highest BCUT2D eigenvalue weighted by atomic mass is 32.1. The Morgan fingerprint density at radius 3 is 2.74 bits per heavy atom. The molecule has 0 amide bonds. The lowest BCUT2D eigenvalue weighted by molar-refractivity contribution is 0.122. The monoisotopic (exact) mass is 479 g/mol. The van der Waals surface area contributed by atoms with Crippen LogP contribution in [0.4, 0.5) is 10.2 Å². The van der Waals surface area contributed by atoms with Crippen molar-refractivity contribution in [2.24, 2.45) is 11.8 Å². The molecule has 0 radical (unpaired) electrons. The van der Waals surface area contributed by atoms with Gasteiger partial charge in [0.15, 0.2) is 17.3 Å². The summed E-state index contributed by atoms with van der Waals surface area (Å²) in [7, 11) is 0. The zero-order valence-electron chi connectivity index (χ0n) is 18.8. The van der Waals surface area contributed by atoms with Crippen molar-refractivity contribution in [1.29, 1.82) is 0 Å². The van der Waals surface area contributed by atoms with Crippen LogP contribution in [0.2, 0.25) is 0 Å². The number of thiazole rings is 1. The summed E-state index contributed by atoms with van der Waals surface area (Å²) in [5, 5.41) is 5.48. The molecule has 6 heterocycles. The van der Waals surface area contributed by atoms with Crippen LogP contribution in [0.15, 0.2) is 24.4 Å². The Hall–Kier alpha value is -2.66. The third kappa shape index (κ3) is 3.56. The largest absolute Gasteiger partial charge is 0.378 e. The number of halogens is 1. The van der Waals surface area contributed by atoms with Gasteiger partial charge in [-0.2, -0.15) is 0 Å². The number of nitrogens with zero attached hydrogens (tertiary/aromatic N) is 5. The quantitative estimate of drug-likeness (QED) is 0.466. The van der Waals surface area contributed by atoms with Crippen molar-refractivity contribution in [3.63, 3.8) is 0 Å². The van der Waals surface area contributed by atoms with Crippen molar-refractivity contribution in [2.75, 3.05) is 57.4 Å². The molecule has 8 nitrogen and oxygen atoms in total. The predicted molar refractivity (Wildman–Crippen MR) is 131 cm³/mol. The number of aromatic amines is 1. The van der Waals surface area contributed by atoms with Gasteiger partial charge in [0.1, 0.15) is 15.5 Å². The number of likely N-dealkylation sites (tertiary alicyclic amines) is 1. The first-order valence-corrected chi connectivity index (χ1v) is 12.7. The van der Waals surface area contributed by atoms with Gasteiger partial charge in [-0.1, -0.05) is 0 Å². The Kier molecular flexibility index (Phi) is 5.01. The lowest BCUT2D eigenvalue weighted by atomic mass is 10.0. The van der Waals surface area contributed by atoms with Crippen molar-refractivity contribution in [1.82, 2.24) is 30.2 Å². The highest BCUT2D eigenvalue weighted by Crippen LogP contribution is 2.36. The summed E-state index contributed by atoms with van der Waals surface area (Å²) in [6, 6.07) is 4.96. The first kappa shape index (κ1) is 20.7. The number of fused-ring (bicyclic) bond motifs is 3. The van der Waals surface area contributed by atoms with E-state index in [2.05, 4.69) is 20.1 Å². The summed E-state index contributed by atoms with van der Waals surface area (Å²) in [6.45, 7) is 8.20. The molecule has 7 rings (SSSR count). The third-order valence-electron chi connectivity index (χ3n) is 7.29. The average molecular weight is 480 g/mol. The third-order valence-corrected chi connectivity index (χ3v) is 8.31. The van der Waals surface area contributed by atoms with E-state index in [1.807, 2.05) is 12.3 Å². The van der Waals surface area contributed by atoms with Crippen molar-refractivity contribution in [2.45, 2.75) is 6.54 Å². The van der Waals surface area contributed by atoms with Crippen LogP contribution < -0.4 is 10.2 Å². The number of benzene rings is 1. The zero-order chi connectivity index (χ0) is 22.6. The van der Waals surface area contributed by atoms with E-state index in [-0.39, 0.29) is 5.82 Å². The maximum atomic E-state index is 14.4. The van der Waals surface area contributed by atoms with Crippen molar-refractivity contribution in [3.05, 3.63) is 35.2 Å². The average Bonchev–Trinajstić information content (AvgIpc) is 3.62. The molecule has 176 valence electrons. The number of nitrogens with one attached hydrogen (secondary N) is 2. The molecule has 3 saturated heterocycles. The van der Waals surface area contributed by atoms with Gasteiger partial charge in [-0.05, 0) is 43.1 Å². The first-order chi connectivity index (χ1) is 16.7. The number of hydrogen-bond acceptors (Lipinski definition) is 8. The van der Waals surface area contributed by atoms with Gasteiger partial charge in [0.2, 0.25) is 0 Å². The van der Waals surface area contributed by atoms with E-state index in [1.54, 1.807) is 11.3 Å². The molecule has 4 aromatic rings. The number of ether oxygens (including phenoxy) is 1. The van der Waals surface area contributed by atoms with E-state index in [1.165, 1.54) is 12.1 Å². The highest BCUT2D eigenvalue weighted by Gasteiger charge is 2.36. The molecule has 2 N–H and O–H groups in total. The fourth-order valence-electron chi connectivity index (χ4n) is 5.62. The molecule has 2 atom stereocenters. The minimum atomic E-state index is -0.311. The van der Waals surface area contributed by atoms with Gasteiger partial charge in [-0.15, -0.1) is 11.3 Å². The lowest BCUT2D eigenvalue weighted by Gasteiger charge is -2.28. The van der Waals surface area contributed by atoms with E-state index >= 15 is 0 Å². The van der Waals surface area contributed by atoms with Crippen LogP contribution in [-0.4, -0.2) is 77.3 Å². The predicted octanol–water partition coefficient (Wildman–Crippen LogP) is 2.86. The maximum absolute atomic E-state index is 14.4. The van der Waals surface area contributed by atoms with Crippen molar-refractivity contribution in [3.8, 4) is 11.4 Å². The van der Waals surface area contributed by atoms with Crippen LogP contribution in [0.3, 0.4) is 0 Å². The zero-order valence-corrected chi connectivity index (χ0v) is 19.6. The number of hydrogen-bond donors (Lipinski definition) is 2. The topological polar surface area (TPSA) is 82.2 Å². The second kappa shape index (κ2) is 8.23. The first-order valence-electron chi connectivity index (χ1n) is 11.9. The molecule has 2 unspecified atom stereocenters. The maximum Gasteiger partial charge on any atom is 0.176 e. The van der Waals surface area contributed by atoms with E-state index in [0.29, 0.717) is 30.2 Å². The smallest absolute Gasteiger partial charge is 0.176 e. The van der Waals surface area contributed by atoms with Crippen molar-refractivity contribution < 1.29 is 9.13 Å². The summed E-state index contributed by atoms with van der Waals surface area (Å²) in [4.78, 5) is 22.7. The van der Waals surface area contributed by atoms with Crippen LogP contribution in [0.1, 0.15) is 5.01 Å². The molecule has 0 saturated carbocycles. The van der Waals surface area contributed by atoms with Crippen LogP contribution in [0.25, 0.3) is 32.6 Å². The summed E-state index contributed by atoms with van der Waals surface area (Å²) in [5.41, 5.74) is 2.11. The van der Waals surface area contributed by atoms with Gasteiger partial charge in [0.25, 0.3) is 0 Å². The second-order valence-corrected chi connectivity index (χ2v) is 10.6. The minimum Gasteiger partial charge on any atom is -0.378 e. The van der Waals surface area contributed by atoms with E-state index in [4.69, 9.17) is 19.7 Å². The molecule has 3 fully saturated rings. The van der Waals surface area contributed by atoms with Gasteiger partial charge in [0, 0.05) is 48.8 Å². The summed E-state index contributed by atoms with van der Waals surface area (Å²) in [5.74, 6) is 2.58. The summed E-state index contributed by atoms with van der Waals surface area (Å²) >= 11 is 1.69. The molecule has 34 heavy (non-hydrogen) atoms. The second-order valence-electron chi connectivity index (χ2n) is 9.50. The highest BCUT2D eigenvalue weighted by molar-refractivity contribution is 7.19. The lowest BCUT2D eigenvalue weighted by Crippen LogP contribution is -2.36. The molecule has 1 aromatic carbocycles. The molecule has 3 aliphatic heterocycles. The van der Waals surface area contributed by atoms with Crippen LogP contribution >= 0.6 is 11.3 Å². The molecule has 3 aliphatic rings. The fourth-order valence-corrected chi connectivity index (χ4v) is 6.68. The van der Waals surface area contributed by atoms with E-state index in [9.17, 15) is 4.39 Å². The normalized spacial score (nSPS) is 23.4. The molecular weight excluding hydrogens is 453 g/mol. The molecular formula is C24H26FN7OS. The Morgan fingerprint density at radius 1 is 1.09 bits per heavy atom. The van der Waals surface area contributed by atoms with E-state index in [0.717, 1.165) is 84.1 Å². The SMILES string of the molecule is Fc1cc(-c2nc(N3CCOCC3)c3sc(CN4CC5CNCC5C4)nc3n2)c2cc[nH]c2c1. The number of H-pyrrole nitrogens is 1. The Balaban J connectivity index is 1.31. The van der Waals surface area contributed by atoms with Crippen molar-refractivity contribution >= 4 is 38.4 Å². The van der Waals surface area contributed by atoms with Gasteiger partial charge in [0.05, 0.1) is 19.8 Å². The van der Waals surface area contributed by atoms with Gasteiger partial charge in [-0.25, -0.2) is 19.3 Å². The van der Waals surface area contributed by atoms with Gasteiger partial charge < -0.3 is 19.9 Å². The molecule has 10 heteroatoms. The molecule has 0 spiro atoms. The van der Waals surface area contributed by atoms with Crippen LogP contribution in [-0.2, 0) is 11.3 Å². The minimum absolute atomic E-state index is 0.311. The van der Waals surface area contributed by atoms with Crippen LogP contribution in [0.5, 0.6) is 0 Å². The Labute approximate surface area is 200 Å². The molecule has 0 aliphatic carbocycles. The Bertz CT molecular complexity index is 1350. The fraction of sp³-hybridized carbons (Fsp3) is 0.458. The Morgan fingerprint density at radius 2 is 1.91 bits per heavy atom. The summed E-state index contributed by atoms with van der Waals surface area (Å²) in [6.07, 6.45) is 1.82. The van der Waals surface area contributed by atoms with Crippen LogP contribution in [0, 0.1) is 17.7 Å². The molecule has 0 bridgehead atoms. The number of rotatable bonds is 4. The molecule has 3 aromatic heterocycles. The summed E-state index contributed by atoms with van der Waals surface area (Å²) < 4.78 is 21.0. The number of anilines is 1. The standard InChI is InChI=1S/C24H26FN7OS/c25-16-7-18(17-1-2-27-19(17)8-16)22-29-23-21(24(30-22)32-3-5-33-6-4-32)34-20(28-23)13-31-11-14-9-26-10-15(14)12-31/h1-2,7-8,14-15,26-27H,3-6,9-13H2. The van der Waals surface area contributed by atoms with E-state index < -0.39 is 0 Å².